The van der Waals surface area contributed by atoms with E-state index in [9.17, 15) is 24.3 Å². The molecular weight excluding hydrogens is 384 g/mol. The summed E-state index contributed by atoms with van der Waals surface area (Å²) in [5, 5.41) is 27.4. The Morgan fingerprint density at radius 2 is 1.41 bits per heavy atom. The minimum atomic E-state index is -1.20. The molecule has 0 amide bonds. The average molecular weight is 410 g/mol. The summed E-state index contributed by atoms with van der Waals surface area (Å²) < 4.78 is 5.11. The number of ether oxygens (including phenoxy) is 1. The monoisotopic (exact) mass is 410 g/mol. The summed E-state index contributed by atoms with van der Waals surface area (Å²) in [5.41, 5.74) is 0.806. The van der Waals surface area contributed by atoms with E-state index in [1.807, 2.05) is 0 Å². The molecule has 1 rings (SSSR count). The fraction of sp³-hybridized carbons (Fsp3) is 0.474. The number of hydrogen-bond acceptors (Lipinski definition) is 7. The van der Waals surface area contributed by atoms with Crippen molar-refractivity contribution in [1.29, 1.82) is 0 Å². The van der Waals surface area contributed by atoms with Gasteiger partial charge in [0.15, 0.2) is 0 Å². The van der Waals surface area contributed by atoms with Crippen LogP contribution in [0.25, 0.3) is 0 Å². The molecule has 0 saturated heterocycles. The van der Waals surface area contributed by atoms with Gasteiger partial charge in [-0.15, -0.1) is 0 Å². The van der Waals surface area contributed by atoms with E-state index < -0.39 is 43.6 Å². The fourth-order valence-corrected chi connectivity index (χ4v) is 2.98. The van der Waals surface area contributed by atoms with Crippen molar-refractivity contribution in [3.05, 3.63) is 29.8 Å². The van der Waals surface area contributed by atoms with E-state index in [1.54, 1.807) is 24.3 Å². The van der Waals surface area contributed by atoms with Crippen molar-refractivity contribution in [3.63, 3.8) is 0 Å². The van der Waals surface area contributed by atoms with Crippen LogP contribution in [-0.4, -0.2) is 94.7 Å². The van der Waals surface area contributed by atoms with Gasteiger partial charge >= 0.3 is 17.9 Å². The number of benzene rings is 1. The van der Waals surface area contributed by atoms with E-state index >= 15 is 0 Å². The number of carbonyl (C=O) groups is 4. The molecule has 160 valence electrons. The van der Waals surface area contributed by atoms with Gasteiger partial charge in [0.05, 0.1) is 33.3 Å². The molecule has 0 aliphatic carbocycles. The number of carboxylic acid groups (broad SMARTS) is 3. The first-order valence-electron chi connectivity index (χ1n) is 8.84. The smallest absolute Gasteiger partial charge is 0.317 e. The highest BCUT2D eigenvalue weighted by Crippen LogP contribution is 2.16. The molecule has 1 aromatic rings. The van der Waals surface area contributed by atoms with E-state index in [0.29, 0.717) is 12.2 Å². The van der Waals surface area contributed by atoms with Gasteiger partial charge in [0.1, 0.15) is 11.5 Å². The quantitative estimate of drug-likeness (QED) is 0.385. The number of ketones is 1. The third-order valence-electron chi connectivity index (χ3n) is 4.10. The Kier molecular flexibility index (Phi) is 9.76. The minimum absolute atomic E-state index is 0.0365. The molecule has 1 unspecified atom stereocenters. The van der Waals surface area contributed by atoms with Crippen molar-refractivity contribution in [3.8, 4) is 5.75 Å². The van der Waals surface area contributed by atoms with Gasteiger partial charge in [-0.3, -0.25) is 29.0 Å². The van der Waals surface area contributed by atoms with Crippen LogP contribution >= 0.6 is 0 Å². The predicted octanol–water partition coefficient (Wildman–Crippen LogP) is 0.0531. The second-order valence-electron chi connectivity index (χ2n) is 6.66. The zero-order chi connectivity index (χ0) is 22.0. The van der Waals surface area contributed by atoms with Gasteiger partial charge in [-0.2, -0.15) is 0 Å². The molecule has 1 aromatic carbocycles. The van der Waals surface area contributed by atoms with Crippen LogP contribution in [0.15, 0.2) is 24.3 Å². The predicted molar refractivity (Wildman–Crippen MR) is 102 cm³/mol. The van der Waals surface area contributed by atoms with Crippen LogP contribution in [0.2, 0.25) is 0 Å². The lowest BCUT2D eigenvalue weighted by Crippen LogP contribution is -2.50. The molecule has 0 aliphatic heterocycles. The maximum absolute atomic E-state index is 11.7. The first-order valence-corrected chi connectivity index (χ1v) is 8.84. The molecule has 0 spiro atoms. The molecule has 0 fully saturated rings. The van der Waals surface area contributed by atoms with E-state index in [2.05, 4.69) is 0 Å². The third-order valence-corrected chi connectivity index (χ3v) is 4.10. The lowest BCUT2D eigenvalue weighted by atomic mass is 10.0. The third kappa shape index (κ3) is 9.67. The molecule has 0 aromatic heterocycles. The number of carboxylic acids is 3. The Bertz CT molecular complexity index is 687. The van der Waals surface area contributed by atoms with Gasteiger partial charge in [-0.1, -0.05) is 12.1 Å². The fourth-order valence-electron chi connectivity index (χ4n) is 2.98. The molecule has 10 nitrogen and oxygen atoms in total. The normalized spacial score (nSPS) is 12.0. The van der Waals surface area contributed by atoms with Crippen molar-refractivity contribution < 1.29 is 39.2 Å². The highest BCUT2D eigenvalue weighted by Gasteiger charge is 2.26. The Labute approximate surface area is 168 Å². The summed E-state index contributed by atoms with van der Waals surface area (Å²) in [4.78, 5) is 47.8. The van der Waals surface area contributed by atoms with Crippen LogP contribution in [0.5, 0.6) is 5.75 Å². The average Bonchev–Trinajstić information content (AvgIpc) is 2.59. The summed E-state index contributed by atoms with van der Waals surface area (Å²) >= 11 is 0. The second kappa shape index (κ2) is 11.8. The summed E-state index contributed by atoms with van der Waals surface area (Å²) in [7, 11) is 1.52. The number of aliphatic carboxylic acids is 3. The molecular formula is C19H26N2O8. The lowest BCUT2D eigenvalue weighted by Gasteiger charge is -2.33. The number of rotatable bonds is 14. The van der Waals surface area contributed by atoms with E-state index in [4.69, 9.17) is 14.9 Å². The van der Waals surface area contributed by atoms with Crippen LogP contribution in [0.4, 0.5) is 0 Å². The maximum Gasteiger partial charge on any atom is 0.317 e. The summed E-state index contributed by atoms with van der Waals surface area (Å²) in [6, 6.07) is 6.41. The highest BCUT2D eigenvalue weighted by molar-refractivity contribution is 5.78. The lowest BCUT2D eigenvalue weighted by molar-refractivity contribution is -0.144. The molecule has 0 aliphatic rings. The number of carbonyl (C=O) groups excluding carboxylic acids is 1. The molecule has 0 heterocycles. The Balaban J connectivity index is 3.16. The molecule has 1 atom stereocenters. The van der Waals surface area contributed by atoms with Crippen LogP contribution < -0.4 is 4.74 Å². The molecule has 0 bridgehead atoms. The Morgan fingerprint density at radius 3 is 1.83 bits per heavy atom. The highest BCUT2D eigenvalue weighted by atomic mass is 16.5. The van der Waals surface area contributed by atoms with Crippen LogP contribution in [0, 0.1) is 0 Å². The van der Waals surface area contributed by atoms with Crippen LogP contribution in [0.1, 0.15) is 12.5 Å². The van der Waals surface area contributed by atoms with Gasteiger partial charge in [-0.05, 0) is 31.0 Å². The zero-order valence-corrected chi connectivity index (χ0v) is 16.4. The summed E-state index contributed by atoms with van der Waals surface area (Å²) in [6.07, 6.45) is 0.292. The van der Waals surface area contributed by atoms with Crippen molar-refractivity contribution >= 4 is 23.7 Å². The van der Waals surface area contributed by atoms with Crippen molar-refractivity contribution in [1.82, 2.24) is 9.80 Å². The van der Waals surface area contributed by atoms with Gasteiger partial charge in [-0.25, -0.2) is 0 Å². The standard InChI is InChI=1S/C19H26N2O8/c1-13(22)8-21(12-19(27)28)15(7-14-3-5-16(29-2)6-4-14)9-20(10-17(23)24)11-18(25)26/h3-6,15H,7-12H2,1-2H3,(H,23,24)(H,25,26)(H,27,28). The first kappa shape index (κ1) is 24.1. The van der Waals surface area contributed by atoms with Crippen LogP contribution in [0.3, 0.4) is 0 Å². The molecule has 29 heavy (non-hydrogen) atoms. The molecule has 0 saturated carbocycles. The molecule has 0 radical (unpaired) electrons. The Morgan fingerprint density at radius 1 is 0.897 bits per heavy atom. The Hall–Kier alpha value is -2.98. The largest absolute Gasteiger partial charge is 0.497 e. The summed E-state index contributed by atoms with van der Waals surface area (Å²) in [5.74, 6) is -3.17. The first-order chi connectivity index (χ1) is 13.6. The van der Waals surface area contributed by atoms with Gasteiger partial charge in [0.25, 0.3) is 0 Å². The van der Waals surface area contributed by atoms with E-state index in [1.165, 1.54) is 23.8 Å². The van der Waals surface area contributed by atoms with Gasteiger partial charge in [0, 0.05) is 12.6 Å². The minimum Gasteiger partial charge on any atom is -0.497 e. The number of methoxy groups -OCH3 is 1. The number of nitrogens with zero attached hydrogens (tertiary/aromatic N) is 2. The molecule has 10 heteroatoms. The second-order valence-corrected chi connectivity index (χ2v) is 6.66. The van der Waals surface area contributed by atoms with Crippen molar-refractivity contribution in [2.75, 3.05) is 39.8 Å². The topological polar surface area (TPSA) is 145 Å². The van der Waals surface area contributed by atoms with Crippen LogP contribution in [-0.2, 0) is 25.6 Å². The van der Waals surface area contributed by atoms with Gasteiger partial charge in [0.2, 0.25) is 0 Å². The van der Waals surface area contributed by atoms with Gasteiger partial charge < -0.3 is 20.1 Å². The van der Waals surface area contributed by atoms with Crippen molar-refractivity contribution in [2.45, 2.75) is 19.4 Å². The molecule has 3 N–H and O–H groups in total. The number of Topliss-reactive ketones (excluding diaryl/α,β-unsaturated/α-hetero) is 1. The zero-order valence-electron chi connectivity index (χ0n) is 16.4. The van der Waals surface area contributed by atoms with E-state index in [-0.39, 0.29) is 18.9 Å². The van der Waals surface area contributed by atoms with E-state index in [0.717, 1.165) is 5.56 Å². The SMILES string of the molecule is COc1ccc(CC(CN(CC(=O)O)CC(=O)O)N(CC(C)=O)CC(=O)O)cc1. The van der Waals surface area contributed by atoms with Crippen molar-refractivity contribution in [2.24, 2.45) is 0 Å². The summed E-state index contributed by atoms with van der Waals surface area (Å²) in [6.45, 7) is -0.342. The number of hydrogen-bond donors (Lipinski definition) is 3. The maximum atomic E-state index is 11.7.